The smallest absolute Gasteiger partial charge is 0.233 e. The predicted molar refractivity (Wildman–Crippen MR) is 87.2 cm³/mol. The molecule has 24 heavy (non-hydrogen) atoms. The summed E-state index contributed by atoms with van der Waals surface area (Å²) in [5.41, 5.74) is 4.18. The lowest BCUT2D eigenvalue weighted by Gasteiger charge is -2.31. The highest BCUT2D eigenvalue weighted by Gasteiger charge is 2.38. The van der Waals surface area contributed by atoms with Crippen molar-refractivity contribution < 1.29 is 19.2 Å². The van der Waals surface area contributed by atoms with E-state index in [1.165, 1.54) is 7.11 Å². The molecule has 0 unspecified atom stereocenters. The lowest BCUT2D eigenvalue weighted by Crippen LogP contribution is -2.26. The first-order chi connectivity index (χ1) is 11.6. The van der Waals surface area contributed by atoms with Crippen molar-refractivity contribution in [1.29, 1.82) is 0 Å². The number of phenolic OH excluding ortho intramolecular Hbond substituents is 1. The second-order valence-corrected chi connectivity index (χ2v) is 6.17. The minimum atomic E-state index is -0.259. The fourth-order valence-electron chi connectivity index (χ4n) is 3.62. The largest absolute Gasteiger partial charge is 0.504 e. The fourth-order valence-corrected chi connectivity index (χ4v) is 3.62. The highest BCUT2D eigenvalue weighted by Crippen LogP contribution is 2.47. The number of benzene rings is 1. The van der Waals surface area contributed by atoms with Crippen molar-refractivity contribution in [1.82, 2.24) is 5.16 Å². The predicted octanol–water partition coefficient (Wildman–Crippen LogP) is 3.26. The van der Waals surface area contributed by atoms with Crippen LogP contribution in [0.4, 0.5) is 5.88 Å². The molecule has 1 aromatic heterocycles. The Balaban J connectivity index is 1.94. The van der Waals surface area contributed by atoms with E-state index < -0.39 is 0 Å². The molecule has 6 heteroatoms. The van der Waals surface area contributed by atoms with Crippen LogP contribution in [0.2, 0.25) is 0 Å². The maximum atomic E-state index is 12.6. The van der Waals surface area contributed by atoms with E-state index in [0.29, 0.717) is 18.1 Å². The normalized spacial score (nSPS) is 19.6. The lowest BCUT2D eigenvalue weighted by atomic mass is 9.76. The van der Waals surface area contributed by atoms with Gasteiger partial charge in [0.25, 0.3) is 0 Å². The van der Waals surface area contributed by atoms with Crippen LogP contribution in [0.15, 0.2) is 34.0 Å². The van der Waals surface area contributed by atoms with Gasteiger partial charge in [0.15, 0.2) is 17.3 Å². The summed E-state index contributed by atoms with van der Waals surface area (Å²) in [6.07, 6.45) is 2.19. The Kier molecular flexibility index (Phi) is 3.33. The zero-order valence-electron chi connectivity index (χ0n) is 13.5. The Labute approximate surface area is 139 Å². The van der Waals surface area contributed by atoms with Gasteiger partial charge in [0.2, 0.25) is 5.88 Å². The zero-order valence-corrected chi connectivity index (χ0v) is 13.5. The van der Waals surface area contributed by atoms with Crippen molar-refractivity contribution in [3.8, 4) is 11.5 Å². The maximum Gasteiger partial charge on any atom is 0.233 e. The van der Waals surface area contributed by atoms with E-state index >= 15 is 0 Å². The summed E-state index contributed by atoms with van der Waals surface area (Å²) in [6.45, 7) is 1.87. The molecule has 0 saturated heterocycles. The van der Waals surface area contributed by atoms with Gasteiger partial charge >= 0.3 is 0 Å². The van der Waals surface area contributed by atoms with E-state index in [1.54, 1.807) is 12.1 Å². The molecule has 2 heterocycles. The third-order valence-corrected chi connectivity index (χ3v) is 4.74. The number of ether oxygens (including phenoxy) is 1. The number of nitrogens with zero attached hydrogens (tertiary/aromatic N) is 1. The Morgan fingerprint density at radius 2 is 2.21 bits per heavy atom. The number of nitrogens with one attached hydrogen (secondary N) is 1. The van der Waals surface area contributed by atoms with Crippen LogP contribution < -0.4 is 10.1 Å². The number of anilines is 1. The van der Waals surface area contributed by atoms with Crippen molar-refractivity contribution in [2.75, 3.05) is 12.4 Å². The molecular weight excluding hydrogens is 308 g/mol. The van der Waals surface area contributed by atoms with E-state index in [0.717, 1.165) is 40.9 Å². The van der Waals surface area contributed by atoms with Gasteiger partial charge in [-0.1, -0.05) is 11.2 Å². The number of allylic oxidation sites excluding steroid dienone is 2. The summed E-state index contributed by atoms with van der Waals surface area (Å²) in [6, 6.07) is 5.18. The maximum absolute atomic E-state index is 12.6. The van der Waals surface area contributed by atoms with Crippen LogP contribution in [-0.4, -0.2) is 23.2 Å². The van der Waals surface area contributed by atoms with Crippen molar-refractivity contribution in [3.63, 3.8) is 0 Å². The number of carbonyl (C=O) groups is 1. The summed E-state index contributed by atoms with van der Waals surface area (Å²) in [5, 5.41) is 17.2. The number of aryl methyl sites for hydroxylation is 1. The summed E-state index contributed by atoms with van der Waals surface area (Å²) < 4.78 is 10.6. The molecule has 4 rings (SSSR count). The molecule has 6 nitrogen and oxygen atoms in total. The van der Waals surface area contributed by atoms with E-state index in [9.17, 15) is 9.90 Å². The fraction of sp³-hybridized carbons (Fsp3) is 0.333. The number of rotatable bonds is 2. The first kappa shape index (κ1) is 14.8. The van der Waals surface area contributed by atoms with E-state index in [4.69, 9.17) is 9.26 Å². The molecule has 0 spiro atoms. The Hall–Kier alpha value is -2.76. The van der Waals surface area contributed by atoms with Crippen molar-refractivity contribution in [3.05, 3.63) is 46.3 Å². The minimum Gasteiger partial charge on any atom is -0.504 e. The lowest BCUT2D eigenvalue weighted by molar-refractivity contribution is -0.116. The van der Waals surface area contributed by atoms with Crippen LogP contribution in [-0.2, 0) is 4.79 Å². The third kappa shape index (κ3) is 2.10. The van der Waals surface area contributed by atoms with E-state index in [-0.39, 0.29) is 17.5 Å². The summed E-state index contributed by atoms with van der Waals surface area (Å²) in [5.74, 6) is 0.934. The number of carbonyl (C=O) groups excluding carboxylic acids is 1. The standard InChI is InChI=1S/C18H18N2O4/c1-9-15-16(10-6-7-12(21)14(8-10)23-2)17-11(4-3-5-13(17)22)19-18(15)24-20-9/h6-8,16,19,21H,3-5H2,1-2H3/t16-/m1/s1. The van der Waals surface area contributed by atoms with Crippen molar-refractivity contribution in [2.45, 2.75) is 32.1 Å². The van der Waals surface area contributed by atoms with E-state index in [1.807, 2.05) is 13.0 Å². The number of methoxy groups -OCH3 is 1. The molecule has 0 amide bonds. The quantitative estimate of drug-likeness (QED) is 0.881. The van der Waals surface area contributed by atoms with Gasteiger partial charge in [0, 0.05) is 23.6 Å². The summed E-state index contributed by atoms with van der Waals surface area (Å²) in [4.78, 5) is 12.6. The zero-order chi connectivity index (χ0) is 16.8. The van der Waals surface area contributed by atoms with Gasteiger partial charge in [0.1, 0.15) is 0 Å². The monoisotopic (exact) mass is 326 g/mol. The summed E-state index contributed by atoms with van der Waals surface area (Å²) in [7, 11) is 1.51. The second-order valence-electron chi connectivity index (χ2n) is 6.17. The van der Waals surface area contributed by atoms with Gasteiger partial charge in [-0.3, -0.25) is 4.79 Å². The van der Waals surface area contributed by atoms with Crippen LogP contribution in [0, 0.1) is 6.92 Å². The Morgan fingerprint density at radius 1 is 1.38 bits per heavy atom. The number of Topliss-reactive ketones (excluding diaryl/α,β-unsaturated/α-hetero) is 1. The molecule has 1 aliphatic carbocycles. The van der Waals surface area contributed by atoms with Crippen LogP contribution in [0.3, 0.4) is 0 Å². The van der Waals surface area contributed by atoms with Crippen molar-refractivity contribution in [2.24, 2.45) is 0 Å². The second kappa shape index (κ2) is 5.40. The molecule has 0 fully saturated rings. The Morgan fingerprint density at radius 3 is 3.00 bits per heavy atom. The van der Waals surface area contributed by atoms with Crippen LogP contribution in [0.5, 0.6) is 11.5 Å². The highest BCUT2D eigenvalue weighted by atomic mass is 16.5. The molecule has 1 aromatic carbocycles. The number of hydrogen-bond acceptors (Lipinski definition) is 6. The molecule has 1 aliphatic heterocycles. The summed E-state index contributed by atoms with van der Waals surface area (Å²) >= 11 is 0. The van der Waals surface area contributed by atoms with Gasteiger partial charge in [-0.05, 0) is 37.5 Å². The van der Waals surface area contributed by atoms with Gasteiger partial charge < -0.3 is 19.7 Å². The van der Waals surface area contributed by atoms with Crippen LogP contribution in [0.25, 0.3) is 0 Å². The molecule has 0 radical (unpaired) electrons. The van der Waals surface area contributed by atoms with Crippen molar-refractivity contribution >= 4 is 11.7 Å². The Bertz CT molecular complexity index is 866. The molecular formula is C18H18N2O4. The van der Waals surface area contributed by atoms with E-state index in [2.05, 4.69) is 10.5 Å². The molecule has 124 valence electrons. The SMILES string of the molecule is COc1cc([C@H]2C3=C(CCCC3=O)Nc3onc(C)c32)ccc1O. The molecule has 2 aromatic rings. The average molecular weight is 326 g/mol. The number of aromatic hydroxyl groups is 1. The van der Waals surface area contributed by atoms with Gasteiger partial charge in [0.05, 0.1) is 18.4 Å². The molecule has 0 bridgehead atoms. The molecule has 2 aliphatic rings. The average Bonchev–Trinajstić information content (AvgIpc) is 2.95. The number of fused-ring (bicyclic) bond motifs is 1. The van der Waals surface area contributed by atoms with Crippen LogP contribution in [0.1, 0.15) is 42.0 Å². The van der Waals surface area contributed by atoms with Gasteiger partial charge in [-0.15, -0.1) is 0 Å². The molecule has 1 atom stereocenters. The number of phenols is 1. The van der Waals surface area contributed by atoms with Crippen LogP contribution >= 0.6 is 0 Å². The third-order valence-electron chi connectivity index (χ3n) is 4.74. The van der Waals surface area contributed by atoms with Gasteiger partial charge in [-0.2, -0.15) is 0 Å². The highest BCUT2D eigenvalue weighted by molar-refractivity contribution is 6.01. The first-order valence-electron chi connectivity index (χ1n) is 7.96. The molecule has 2 N–H and O–H groups in total. The number of ketones is 1. The first-order valence-corrected chi connectivity index (χ1v) is 7.96. The molecule has 0 saturated carbocycles. The topological polar surface area (TPSA) is 84.6 Å². The number of aromatic nitrogens is 1. The number of hydrogen-bond donors (Lipinski definition) is 2. The minimum absolute atomic E-state index is 0.0709. The van der Waals surface area contributed by atoms with Gasteiger partial charge in [-0.25, -0.2) is 0 Å².